The first-order chi connectivity index (χ1) is 8.86. The number of nitrogens with zero attached hydrogens (tertiary/aromatic N) is 1. The van der Waals surface area contributed by atoms with Crippen LogP contribution in [0.25, 0.3) is 0 Å². The molecule has 0 bridgehead atoms. The molecule has 2 aliphatic rings. The lowest BCUT2D eigenvalue weighted by atomic mass is 9.96. The minimum absolute atomic E-state index is 0.121. The van der Waals surface area contributed by atoms with E-state index in [0.29, 0.717) is 18.0 Å². The van der Waals surface area contributed by atoms with Gasteiger partial charge in [0.15, 0.2) is 0 Å². The Kier molecular flexibility index (Phi) is 2.85. The van der Waals surface area contributed by atoms with Gasteiger partial charge >= 0.3 is 0 Å². The van der Waals surface area contributed by atoms with E-state index in [-0.39, 0.29) is 6.04 Å². The number of aliphatic hydroxyl groups is 1. The summed E-state index contributed by atoms with van der Waals surface area (Å²) in [7, 11) is -3.37. The van der Waals surface area contributed by atoms with E-state index in [1.54, 1.807) is 31.2 Å². The van der Waals surface area contributed by atoms with Crippen molar-refractivity contribution >= 4 is 15.7 Å². The van der Waals surface area contributed by atoms with Crippen LogP contribution in [-0.4, -0.2) is 38.3 Å². The van der Waals surface area contributed by atoms with E-state index < -0.39 is 15.6 Å². The van der Waals surface area contributed by atoms with Gasteiger partial charge < -0.3 is 10.0 Å². The molecule has 19 heavy (non-hydrogen) atoms. The molecule has 1 saturated carbocycles. The van der Waals surface area contributed by atoms with Gasteiger partial charge in [-0.3, -0.25) is 0 Å². The third kappa shape index (κ3) is 2.75. The Labute approximate surface area is 113 Å². The molecule has 104 valence electrons. The van der Waals surface area contributed by atoms with Crippen molar-refractivity contribution < 1.29 is 13.5 Å². The molecule has 6 heteroatoms. The van der Waals surface area contributed by atoms with Crippen LogP contribution in [0.2, 0.25) is 0 Å². The van der Waals surface area contributed by atoms with E-state index in [0.717, 1.165) is 18.5 Å². The summed E-state index contributed by atoms with van der Waals surface area (Å²) in [5.74, 6) is 0. The summed E-state index contributed by atoms with van der Waals surface area (Å²) in [5.41, 5.74) is 0.315. The van der Waals surface area contributed by atoms with E-state index in [9.17, 15) is 13.5 Å². The molecule has 2 fully saturated rings. The van der Waals surface area contributed by atoms with Gasteiger partial charge in [-0.25, -0.2) is 13.1 Å². The number of benzene rings is 1. The summed E-state index contributed by atoms with van der Waals surface area (Å²) in [6.07, 6.45) is 1.86. The van der Waals surface area contributed by atoms with Crippen molar-refractivity contribution in [3.63, 3.8) is 0 Å². The van der Waals surface area contributed by atoms with Crippen LogP contribution in [0.1, 0.15) is 19.8 Å². The van der Waals surface area contributed by atoms with Gasteiger partial charge in [0, 0.05) is 24.8 Å². The van der Waals surface area contributed by atoms with Crippen LogP contribution in [0.5, 0.6) is 0 Å². The van der Waals surface area contributed by atoms with Crippen molar-refractivity contribution in [2.75, 3.05) is 18.0 Å². The zero-order valence-corrected chi connectivity index (χ0v) is 11.7. The number of β-amino-alcohol motifs (C(OH)–C–C–N with tert-alkyl or cyclic N) is 1. The molecule has 0 atom stereocenters. The molecule has 1 aliphatic carbocycles. The lowest BCUT2D eigenvalue weighted by molar-refractivity contribution is 0.0310. The highest BCUT2D eigenvalue weighted by Crippen LogP contribution is 2.28. The number of hydrogen-bond acceptors (Lipinski definition) is 4. The summed E-state index contributed by atoms with van der Waals surface area (Å²) in [6.45, 7) is 2.96. The zero-order valence-electron chi connectivity index (χ0n) is 10.8. The Bertz CT molecular complexity index is 568. The lowest BCUT2D eigenvalue weighted by Gasteiger charge is -2.45. The maximum absolute atomic E-state index is 12.0. The Morgan fingerprint density at radius 2 is 1.84 bits per heavy atom. The molecule has 0 unspecified atom stereocenters. The minimum Gasteiger partial charge on any atom is -0.386 e. The zero-order chi connectivity index (χ0) is 13.7. The number of rotatable bonds is 4. The third-order valence-corrected chi connectivity index (χ3v) is 5.01. The van der Waals surface area contributed by atoms with Gasteiger partial charge in [-0.1, -0.05) is 0 Å². The molecule has 0 radical (unpaired) electrons. The van der Waals surface area contributed by atoms with Crippen molar-refractivity contribution in [2.24, 2.45) is 0 Å². The molecule has 0 aromatic heterocycles. The van der Waals surface area contributed by atoms with Gasteiger partial charge in [0.2, 0.25) is 10.0 Å². The average molecular weight is 282 g/mol. The normalized spacial score (nSPS) is 22.1. The Balaban J connectivity index is 1.72. The fourth-order valence-corrected chi connectivity index (χ4v) is 3.59. The van der Waals surface area contributed by atoms with Crippen molar-refractivity contribution in [1.82, 2.24) is 4.72 Å². The van der Waals surface area contributed by atoms with E-state index in [4.69, 9.17) is 0 Å². The fraction of sp³-hybridized carbons (Fsp3) is 0.538. The largest absolute Gasteiger partial charge is 0.386 e. The second kappa shape index (κ2) is 4.19. The molecule has 0 amide bonds. The molecule has 2 N–H and O–H groups in total. The summed E-state index contributed by atoms with van der Waals surface area (Å²) in [6, 6.07) is 6.93. The number of anilines is 1. The topological polar surface area (TPSA) is 69.6 Å². The summed E-state index contributed by atoms with van der Waals surface area (Å²) in [4.78, 5) is 2.32. The van der Waals surface area contributed by atoms with Gasteiger partial charge in [0.05, 0.1) is 10.5 Å². The molecular weight excluding hydrogens is 264 g/mol. The predicted molar refractivity (Wildman–Crippen MR) is 72.6 cm³/mol. The second-order valence-electron chi connectivity index (χ2n) is 5.74. The molecule has 1 aliphatic heterocycles. The Hall–Kier alpha value is -1.11. The van der Waals surface area contributed by atoms with E-state index in [2.05, 4.69) is 4.72 Å². The van der Waals surface area contributed by atoms with Crippen molar-refractivity contribution in [1.29, 1.82) is 0 Å². The third-order valence-electron chi connectivity index (χ3n) is 3.47. The number of sulfonamides is 1. The molecule has 0 spiro atoms. The predicted octanol–water partition coefficient (Wildman–Crippen LogP) is 0.698. The van der Waals surface area contributed by atoms with E-state index in [1.807, 2.05) is 4.90 Å². The fourth-order valence-electron chi connectivity index (χ4n) is 2.28. The highest BCUT2D eigenvalue weighted by atomic mass is 32.2. The van der Waals surface area contributed by atoms with Gasteiger partial charge in [-0.15, -0.1) is 0 Å². The Morgan fingerprint density at radius 3 is 2.32 bits per heavy atom. The summed E-state index contributed by atoms with van der Waals surface area (Å²) < 4.78 is 26.6. The summed E-state index contributed by atoms with van der Waals surface area (Å²) >= 11 is 0. The molecule has 1 heterocycles. The molecule has 1 saturated heterocycles. The number of nitrogens with one attached hydrogen (secondary N) is 1. The molecule has 5 nitrogen and oxygen atoms in total. The maximum atomic E-state index is 12.0. The standard InChI is InChI=1S/C13H18N2O3S/c1-13(16)8-15(9-13)11-4-6-12(7-5-11)19(17,18)14-10-2-3-10/h4-7,10,14,16H,2-3,8-9H2,1H3. The first-order valence-electron chi connectivity index (χ1n) is 6.45. The van der Waals surface area contributed by atoms with Crippen molar-refractivity contribution in [2.45, 2.75) is 36.3 Å². The van der Waals surface area contributed by atoms with E-state index in [1.165, 1.54) is 0 Å². The average Bonchev–Trinajstić information content (AvgIpc) is 3.09. The molecule has 1 aromatic rings. The quantitative estimate of drug-likeness (QED) is 0.853. The van der Waals surface area contributed by atoms with Crippen LogP contribution in [0.3, 0.4) is 0 Å². The highest BCUT2D eigenvalue weighted by Gasteiger charge is 2.36. The van der Waals surface area contributed by atoms with Crippen molar-refractivity contribution in [3.8, 4) is 0 Å². The second-order valence-corrected chi connectivity index (χ2v) is 7.46. The number of hydrogen-bond donors (Lipinski definition) is 2. The van der Waals surface area contributed by atoms with Crippen LogP contribution in [0.15, 0.2) is 29.2 Å². The minimum atomic E-state index is -3.37. The first kappa shape index (κ1) is 12.9. The van der Waals surface area contributed by atoms with Crippen LogP contribution in [-0.2, 0) is 10.0 Å². The smallest absolute Gasteiger partial charge is 0.240 e. The van der Waals surface area contributed by atoms with E-state index >= 15 is 0 Å². The highest BCUT2D eigenvalue weighted by molar-refractivity contribution is 7.89. The monoisotopic (exact) mass is 282 g/mol. The lowest BCUT2D eigenvalue weighted by Crippen LogP contribution is -2.60. The molecule has 3 rings (SSSR count). The van der Waals surface area contributed by atoms with Crippen LogP contribution in [0.4, 0.5) is 5.69 Å². The molecule has 1 aromatic carbocycles. The van der Waals surface area contributed by atoms with Crippen LogP contribution < -0.4 is 9.62 Å². The molecular formula is C13H18N2O3S. The van der Waals surface area contributed by atoms with Crippen LogP contribution >= 0.6 is 0 Å². The SMILES string of the molecule is CC1(O)CN(c2ccc(S(=O)(=O)NC3CC3)cc2)C1. The van der Waals surface area contributed by atoms with Crippen molar-refractivity contribution in [3.05, 3.63) is 24.3 Å². The maximum Gasteiger partial charge on any atom is 0.240 e. The van der Waals surface area contributed by atoms with Gasteiger partial charge in [-0.05, 0) is 44.0 Å². The van der Waals surface area contributed by atoms with Crippen LogP contribution in [0, 0.1) is 0 Å². The van der Waals surface area contributed by atoms with Gasteiger partial charge in [-0.2, -0.15) is 0 Å². The Morgan fingerprint density at radius 1 is 1.26 bits per heavy atom. The summed E-state index contributed by atoms with van der Waals surface area (Å²) in [5, 5.41) is 9.69. The van der Waals surface area contributed by atoms with Gasteiger partial charge in [0.25, 0.3) is 0 Å². The first-order valence-corrected chi connectivity index (χ1v) is 7.94. The van der Waals surface area contributed by atoms with Gasteiger partial charge in [0.1, 0.15) is 0 Å².